The summed E-state index contributed by atoms with van der Waals surface area (Å²) in [6, 6.07) is 9.05. The number of methoxy groups -OCH3 is 1. The van der Waals surface area contributed by atoms with Crippen LogP contribution >= 0.6 is 11.3 Å². The minimum Gasteiger partial charge on any atom is -0.497 e. The van der Waals surface area contributed by atoms with Gasteiger partial charge in [-0.05, 0) is 42.1 Å². The van der Waals surface area contributed by atoms with Crippen LogP contribution < -0.4 is 10.1 Å². The van der Waals surface area contributed by atoms with E-state index in [0.717, 1.165) is 10.4 Å². The normalized spacial score (nSPS) is 10.5. The molecular weight excluding hydrogens is 302 g/mol. The average molecular weight is 315 g/mol. The first-order valence-corrected chi connectivity index (χ1v) is 7.38. The number of rotatable bonds is 4. The molecule has 112 valence electrons. The molecule has 0 atom stereocenters. The topological polar surface area (TPSA) is 77.2 Å². The van der Waals surface area contributed by atoms with Crippen molar-refractivity contribution in [3.8, 4) is 16.5 Å². The number of nitrogens with one attached hydrogen (secondary N) is 1. The van der Waals surface area contributed by atoms with Crippen molar-refractivity contribution in [1.82, 2.24) is 10.2 Å². The lowest BCUT2D eigenvalue weighted by Crippen LogP contribution is -2.13. The molecule has 0 saturated carbocycles. The van der Waals surface area contributed by atoms with Gasteiger partial charge in [0.2, 0.25) is 0 Å². The van der Waals surface area contributed by atoms with Gasteiger partial charge in [0.05, 0.1) is 12.0 Å². The number of benzene rings is 1. The van der Waals surface area contributed by atoms with Crippen LogP contribution in [0.4, 0.5) is 6.01 Å². The van der Waals surface area contributed by atoms with E-state index in [2.05, 4.69) is 15.5 Å². The molecule has 2 heterocycles. The molecule has 1 aromatic carbocycles. The van der Waals surface area contributed by atoms with Gasteiger partial charge in [-0.1, -0.05) is 11.2 Å². The maximum atomic E-state index is 12.3. The Kier molecular flexibility index (Phi) is 3.88. The Bertz CT molecular complexity index is 796. The number of thiophene rings is 1. The molecule has 0 aliphatic heterocycles. The molecule has 0 bridgehead atoms. The van der Waals surface area contributed by atoms with Crippen LogP contribution in [-0.4, -0.2) is 23.2 Å². The van der Waals surface area contributed by atoms with Crippen molar-refractivity contribution < 1.29 is 13.9 Å². The Morgan fingerprint density at radius 1 is 1.32 bits per heavy atom. The molecular formula is C15H13N3O3S. The van der Waals surface area contributed by atoms with Crippen molar-refractivity contribution >= 4 is 23.3 Å². The summed E-state index contributed by atoms with van der Waals surface area (Å²) in [6.45, 7) is 1.84. The van der Waals surface area contributed by atoms with Crippen molar-refractivity contribution in [2.75, 3.05) is 12.4 Å². The van der Waals surface area contributed by atoms with Gasteiger partial charge in [-0.25, -0.2) is 0 Å². The van der Waals surface area contributed by atoms with Crippen LogP contribution in [0.1, 0.15) is 15.9 Å². The number of amides is 1. The first-order chi connectivity index (χ1) is 10.7. The highest BCUT2D eigenvalue weighted by Gasteiger charge is 2.15. The van der Waals surface area contributed by atoms with E-state index in [9.17, 15) is 4.79 Å². The minimum atomic E-state index is -0.304. The Morgan fingerprint density at radius 2 is 2.18 bits per heavy atom. The fraction of sp³-hybridized carbons (Fsp3) is 0.133. The van der Waals surface area contributed by atoms with Crippen molar-refractivity contribution in [3.63, 3.8) is 0 Å². The summed E-state index contributed by atoms with van der Waals surface area (Å²) >= 11 is 1.49. The molecule has 22 heavy (non-hydrogen) atoms. The second kappa shape index (κ2) is 5.98. The van der Waals surface area contributed by atoms with Crippen molar-refractivity contribution in [2.24, 2.45) is 0 Å². The number of carbonyl (C=O) groups is 1. The number of aryl methyl sites for hydroxylation is 1. The van der Waals surface area contributed by atoms with E-state index in [1.54, 1.807) is 25.3 Å². The van der Waals surface area contributed by atoms with Crippen molar-refractivity contribution in [3.05, 3.63) is 46.8 Å². The fourth-order valence-electron chi connectivity index (χ4n) is 1.96. The van der Waals surface area contributed by atoms with E-state index in [1.165, 1.54) is 11.3 Å². The van der Waals surface area contributed by atoms with Crippen LogP contribution in [0.2, 0.25) is 0 Å². The summed E-state index contributed by atoms with van der Waals surface area (Å²) in [4.78, 5) is 13.1. The number of ether oxygens (including phenoxy) is 1. The highest BCUT2D eigenvalue weighted by molar-refractivity contribution is 7.13. The fourth-order valence-corrected chi connectivity index (χ4v) is 2.60. The quantitative estimate of drug-likeness (QED) is 0.798. The second-order valence-electron chi connectivity index (χ2n) is 4.52. The van der Waals surface area contributed by atoms with E-state index >= 15 is 0 Å². The molecule has 0 saturated heterocycles. The Labute approximate surface area is 130 Å². The standard InChI is InChI=1S/C15H13N3O3S/c1-9-8-10(20-2)5-6-11(9)13(19)16-15-18-17-14(21-15)12-4-3-7-22-12/h3-8H,1-2H3,(H,16,18,19). The van der Waals surface area contributed by atoms with Gasteiger partial charge in [0, 0.05) is 5.56 Å². The molecule has 0 aliphatic carbocycles. The highest BCUT2D eigenvalue weighted by atomic mass is 32.1. The van der Waals surface area contributed by atoms with Gasteiger partial charge >= 0.3 is 6.01 Å². The SMILES string of the molecule is COc1ccc(C(=O)Nc2nnc(-c3cccs3)o2)c(C)c1. The van der Waals surface area contributed by atoms with Gasteiger partial charge in [-0.15, -0.1) is 16.4 Å². The zero-order valence-electron chi connectivity index (χ0n) is 12.0. The average Bonchev–Trinajstić information content (AvgIpc) is 3.17. The lowest BCUT2D eigenvalue weighted by atomic mass is 10.1. The molecule has 0 spiro atoms. The van der Waals surface area contributed by atoms with Gasteiger partial charge < -0.3 is 9.15 Å². The third-order valence-electron chi connectivity index (χ3n) is 3.06. The van der Waals surface area contributed by atoms with E-state index in [-0.39, 0.29) is 11.9 Å². The zero-order valence-corrected chi connectivity index (χ0v) is 12.8. The molecule has 3 aromatic rings. The van der Waals surface area contributed by atoms with Crippen LogP contribution in [0.3, 0.4) is 0 Å². The van der Waals surface area contributed by atoms with Crippen LogP contribution in [0.25, 0.3) is 10.8 Å². The van der Waals surface area contributed by atoms with Gasteiger partial charge in [0.25, 0.3) is 11.8 Å². The number of hydrogen-bond donors (Lipinski definition) is 1. The summed E-state index contributed by atoms with van der Waals surface area (Å²) in [5.41, 5.74) is 1.33. The smallest absolute Gasteiger partial charge is 0.322 e. The molecule has 7 heteroatoms. The zero-order chi connectivity index (χ0) is 15.5. The maximum Gasteiger partial charge on any atom is 0.322 e. The van der Waals surface area contributed by atoms with Gasteiger partial charge in [0.1, 0.15) is 5.75 Å². The van der Waals surface area contributed by atoms with Gasteiger partial charge in [0.15, 0.2) is 0 Å². The Hall–Kier alpha value is -2.67. The molecule has 2 aromatic heterocycles. The Morgan fingerprint density at radius 3 is 2.86 bits per heavy atom. The van der Waals surface area contributed by atoms with Crippen molar-refractivity contribution in [1.29, 1.82) is 0 Å². The van der Waals surface area contributed by atoms with Gasteiger partial charge in [-0.3, -0.25) is 10.1 Å². The van der Waals surface area contributed by atoms with E-state index in [4.69, 9.17) is 9.15 Å². The largest absolute Gasteiger partial charge is 0.497 e. The monoisotopic (exact) mass is 315 g/mol. The van der Waals surface area contributed by atoms with Crippen LogP contribution in [0, 0.1) is 6.92 Å². The number of nitrogens with zero attached hydrogens (tertiary/aromatic N) is 2. The summed E-state index contributed by atoms with van der Waals surface area (Å²) in [5, 5.41) is 12.3. The third kappa shape index (κ3) is 2.84. The highest BCUT2D eigenvalue weighted by Crippen LogP contribution is 2.25. The number of carbonyl (C=O) groups excluding carboxylic acids is 1. The first kappa shape index (κ1) is 14.3. The van der Waals surface area contributed by atoms with Crippen LogP contribution in [-0.2, 0) is 0 Å². The van der Waals surface area contributed by atoms with E-state index < -0.39 is 0 Å². The second-order valence-corrected chi connectivity index (χ2v) is 5.47. The summed E-state index contributed by atoms with van der Waals surface area (Å²) in [6.07, 6.45) is 0. The molecule has 1 amide bonds. The predicted molar refractivity (Wildman–Crippen MR) is 83.3 cm³/mol. The van der Waals surface area contributed by atoms with Crippen LogP contribution in [0.5, 0.6) is 5.75 Å². The molecule has 1 N–H and O–H groups in total. The van der Waals surface area contributed by atoms with E-state index in [1.807, 2.05) is 24.4 Å². The number of anilines is 1. The van der Waals surface area contributed by atoms with Crippen LogP contribution in [0.15, 0.2) is 40.1 Å². The molecule has 0 aliphatic rings. The minimum absolute atomic E-state index is 0.0728. The summed E-state index contributed by atoms with van der Waals surface area (Å²) in [5.74, 6) is 0.783. The lowest BCUT2D eigenvalue weighted by Gasteiger charge is -2.06. The predicted octanol–water partition coefficient (Wildman–Crippen LogP) is 3.37. The molecule has 3 rings (SSSR count). The number of hydrogen-bond acceptors (Lipinski definition) is 6. The van der Waals surface area contributed by atoms with Gasteiger partial charge in [-0.2, -0.15) is 0 Å². The summed E-state index contributed by atoms with van der Waals surface area (Å²) < 4.78 is 10.6. The third-order valence-corrected chi connectivity index (χ3v) is 3.91. The molecule has 0 radical (unpaired) electrons. The molecule has 0 fully saturated rings. The van der Waals surface area contributed by atoms with Crippen molar-refractivity contribution in [2.45, 2.75) is 6.92 Å². The Balaban J connectivity index is 1.77. The summed E-state index contributed by atoms with van der Waals surface area (Å²) in [7, 11) is 1.58. The van der Waals surface area contributed by atoms with E-state index in [0.29, 0.717) is 17.2 Å². The molecule has 0 unspecified atom stereocenters. The first-order valence-electron chi connectivity index (χ1n) is 6.51. The lowest BCUT2D eigenvalue weighted by molar-refractivity contribution is 0.102. The molecule has 6 nitrogen and oxygen atoms in total. The maximum absolute atomic E-state index is 12.3. The number of aromatic nitrogens is 2.